The van der Waals surface area contributed by atoms with Gasteiger partial charge < -0.3 is 15.6 Å². The third-order valence-corrected chi connectivity index (χ3v) is 3.63. The molecular weight excluding hydrogens is 252 g/mol. The quantitative estimate of drug-likeness (QED) is 0.466. The first-order chi connectivity index (χ1) is 9.81. The molecule has 6 heteroatoms. The molecule has 20 heavy (non-hydrogen) atoms. The number of fused-ring (bicyclic) bond motifs is 1. The summed E-state index contributed by atoms with van der Waals surface area (Å²) in [6, 6.07) is 0. The van der Waals surface area contributed by atoms with Crippen molar-refractivity contribution >= 4 is 5.96 Å². The molecule has 0 radical (unpaired) electrons. The van der Waals surface area contributed by atoms with Crippen LogP contribution in [-0.4, -0.2) is 33.8 Å². The summed E-state index contributed by atoms with van der Waals surface area (Å²) in [6.07, 6.45) is 7.87. The summed E-state index contributed by atoms with van der Waals surface area (Å²) in [4.78, 5) is 4.28. The lowest BCUT2D eigenvalue weighted by Gasteiger charge is -2.08. The van der Waals surface area contributed by atoms with Crippen LogP contribution in [0.4, 0.5) is 0 Å². The first kappa shape index (κ1) is 14.8. The maximum Gasteiger partial charge on any atom is 0.188 e. The van der Waals surface area contributed by atoms with E-state index < -0.39 is 0 Å². The molecule has 0 atom stereocenters. The summed E-state index contributed by atoms with van der Waals surface area (Å²) in [7, 11) is 0. The van der Waals surface area contributed by atoms with Gasteiger partial charge in [-0.3, -0.25) is 4.99 Å². The molecule has 112 valence electrons. The lowest BCUT2D eigenvalue weighted by molar-refractivity contribution is 0.601. The lowest BCUT2D eigenvalue weighted by Crippen LogP contribution is -2.33. The van der Waals surface area contributed by atoms with Crippen LogP contribution in [0.15, 0.2) is 4.99 Å². The highest BCUT2D eigenvalue weighted by Crippen LogP contribution is 2.14. The maximum absolute atomic E-state index is 5.81. The number of hydrogen-bond acceptors (Lipinski definition) is 3. The van der Waals surface area contributed by atoms with Gasteiger partial charge in [0.05, 0.1) is 0 Å². The van der Waals surface area contributed by atoms with Gasteiger partial charge in [-0.05, 0) is 19.3 Å². The van der Waals surface area contributed by atoms with Crippen LogP contribution in [-0.2, 0) is 19.4 Å². The van der Waals surface area contributed by atoms with E-state index in [4.69, 9.17) is 5.73 Å². The molecule has 0 aromatic carbocycles. The Kier molecular flexibility index (Phi) is 5.83. The third kappa shape index (κ3) is 4.21. The number of unbranched alkanes of at least 4 members (excludes halogenated alkanes) is 1. The second kappa shape index (κ2) is 7.87. The van der Waals surface area contributed by atoms with Crippen molar-refractivity contribution in [3.05, 3.63) is 11.6 Å². The third-order valence-electron chi connectivity index (χ3n) is 3.63. The summed E-state index contributed by atoms with van der Waals surface area (Å²) < 4.78 is 2.28. The van der Waals surface area contributed by atoms with Crippen LogP contribution in [0.3, 0.4) is 0 Å². The molecular formula is C14H26N6. The van der Waals surface area contributed by atoms with E-state index in [0.717, 1.165) is 57.0 Å². The molecule has 0 saturated heterocycles. The Morgan fingerprint density at radius 1 is 1.35 bits per heavy atom. The average Bonchev–Trinajstić information content (AvgIpc) is 2.68. The monoisotopic (exact) mass is 278 g/mol. The van der Waals surface area contributed by atoms with E-state index in [1.54, 1.807) is 0 Å². The highest BCUT2D eigenvalue weighted by atomic mass is 15.3. The van der Waals surface area contributed by atoms with Crippen molar-refractivity contribution in [1.82, 2.24) is 20.1 Å². The second-order valence-corrected chi connectivity index (χ2v) is 5.29. The molecule has 0 spiro atoms. The number of aliphatic imine (C=N–C) groups is 1. The molecule has 2 rings (SSSR count). The van der Waals surface area contributed by atoms with E-state index in [1.165, 1.54) is 19.3 Å². The van der Waals surface area contributed by atoms with Gasteiger partial charge in [-0.15, -0.1) is 10.2 Å². The van der Waals surface area contributed by atoms with E-state index >= 15 is 0 Å². The van der Waals surface area contributed by atoms with Gasteiger partial charge in [0.2, 0.25) is 0 Å². The zero-order valence-corrected chi connectivity index (χ0v) is 12.4. The summed E-state index contributed by atoms with van der Waals surface area (Å²) in [5.41, 5.74) is 5.81. The molecule has 6 nitrogen and oxygen atoms in total. The largest absolute Gasteiger partial charge is 0.370 e. The zero-order valence-electron chi connectivity index (χ0n) is 12.4. The first-order valence-electron chi connectivity index (χ1n) is 7.76. The Morgan fingerprint density at radius 2 is 2.25 bits per heavy atom. The Labute approximate surface area is 120 Å². The number of nitrogens with two attached hydrogens (primary N) is 1. The van der Waals surface area contributed by atoms with E-state index in [9.17, 15) is 0 Å². The van der Waals surface area contributed by atoms with E-state index in [-0.39, 0.29) is 0 Å². The number of aromatic nitrogens is 3. The van der Waals surface area contributed by atoms with E-state index in [0.29, 0.717) is 5.96 Å². The van der Waals surface area contributed by atoms with Crippen LogP contribution in [0.25, 0.3) is 0 Å². The van der Waals surface area contributed by atoms with Crippen LogP contribution in [0.2, 0.25) is 0 Å². The van der Waals surface area contributed by atoms with Gasteiger partial charge in [0.15, 0.2) is 5.96 Å². The molecule has 2 heterocycles. The molecule has 1 aliphatic heterocycles. The molecule has 1 aromatic rings. The fourth-order valence-electron chi connectivity index (χ4n) is 2.45. The van der Waals surface area contributed by atoms with Gasteiger partial charge in [-0.1, -0.05) is 19.8 Å². The average molecular weight is 278 g/mol. The van der Waals surface area contributed by atoms with E-state index in [2.05, 4.69) is 32.0 Å². The van der Waals surface area contributed by atoms with Crippen LogP contribution in [0.1, 0.15) is 50.7 Å². The van der Waals surface area contributed by atoms with Crippen LogP contribution in [0.5, 0.6) is 0 Å². The van der Waals surface area contributed by atoms with Crippen LogP contribution < -0.4 is 11.1 Å². The van der Waals surface area contributed by atoms with Crippen molar-refractivity contribution in [2.24, 2.45) is 10.7 Å². The predicted molar refractivity (Wildman–Crippen MR) is 80.7 cm³/mol. The van der Waals surface area contributed by atoms with Gasteiger partial charge in [0, 0.05) is 32.5 Å². The van der Waals surface area contributed by atoms with Crippen molar-refractivity contribution in [2.45, 2.75) is 58.4 Å². The minimum atomic E-state index is 0.536. The molecule has 0 aliphatic carbocycles. The summed E-state index contributed by atoms with van der Waals surface area (Å²) in [5, 5.41) is 11.8. The Hall–Kier alpha value is -1.59. The van der Waals surface area contributed by atoms with Crippen LogP contribution in [0, 0.1) is 0 Å². The minimum Gasteiger partial charge on any atom is -0.370 e. The molecule has 0 amide bonds. The second-order valence-electron chi connectivity index (χ2n) is 5.29. The fourth-order valence-corrected chi connectivity index (χ4v) is 2.45. The van der Waals surface area contributed by atoms with E-state index in [1.807, 2.05) is 0 Å². The van der Waals surface area contributed by atoms with Gasteiger partial charge in [-0.25, -0.2) is 0 Å². The summed E-state index contributed by atoms with van der Waals surface area (Å²) in [5.74, 6) is 2.74. The lowest BCUT2D eigenvalue weighted by atomic mass is 10.2. The van der Waals surface area contributed by atoms with Crippen molar-refractivity contribution in [1.29, 1.82) is 0 Å². The molecule has 1 aromatic heterocycles. The molecule has 0 bridgehead atoms. The summed E-state index contributed by atoms with van der Waals surface area (Å²) >= 11 is 0. The maximum atomic E-state index is 5.81. The first-order valence-corrected chi connectivity index (χ1v) is 7.76. The predicted octanol–water partition coefficient (Wildman–Crippen LogP) is 1.25. The number of nitrogens with zero attached hydrogens (tertiary/aromatic N) is 4. The number of aryl methyl sites for hydroxylation is 1. The number of hydrogen-bond donors (Lipinski definition) is 2. The molecule has 3 N–H and O–H groups in total. The highest BCUT2D eigenvalue weighted by Gasteiger charge is 2.13. The fraction of sp³-hybridized carbons (Fsp3) is 0.786. The Balaban J connectivity index is 1.80. The van der Waals surface area contributed by atoms with Crippen molar-refractivity contribution < 1.29 is 0 Å². The van der Waals surface area contributed by atoms with Gasteiger partial charge >= 0.3 is 0 Å². The number of rotatable bonds is 6. The van der Waals surface area contributed by atoms with Gasteiger partial charge in [0.1, 0.15) is 11.6 Å². The van der Waals surface area contributed by atoms with Crippen molar-refractivity contribution in [2.75, 3.05) is 13.1 Å². The van der Waals surface area contributed by atoms with Crippen molar-refractivity contribution in [3.8, 4) is 0 Å². The standard InChI is InChI=1S/C14H26N6/c1-2-3-9-16-14(15)17-10-8-13-19-18-12-7-5-4-6-11-20(12)13/h2-11H2,1H3,(H3,15,16,17). The van der Waals surface area contributed by atoms with Crippen LogP contribution >= 0.6 is 0 Å². The Morgan fingerprint density at radius 3 is 3.10 bits per heavy atom. The molecule has 0 saturated carbocycles. The SMILES string of the molecule is CCCCN=C(N)NCCc1nnc2n1CCCCC2. The minimum absolute atomic E-state index is 0.536. The van der Waals surface area contributed by atoms with Crippen molar-refractivity contribution in [3.63, 3.8) is 0 Å². The number of guanidine groups is 1. The molecule has 0 unspecified atom stereocenters. The van der Waals surface area contributed by atoms with Gasteiger partial charge in [-0.2, -0.15) is 0 Å². The number of nitrogens with one attached hydrogen (secondary N) is 1. The highest BCUT2D eigenvalue weighted by molar-refractivity contribution is 5.77. The smallest absolute Gasteiger partial charge is 0.188 e. The topological polar surface area (TPSA) is 81.1 Å². The summed E-state index contributed by atoms with van der Waals surface area (Å²) in [6.45, 7) is 4.77. The normalized spacial score (nSPS) is 15.8. The molecule has 1 aliphatic rings. The zero-order chi connectivity index (χ0) is 14.2. The Bertz CT molecular complexity index is 437. The van der Waals surface area contributed by atoms with Gasteiger partial charge in [0.25, 0.3) is 0 Å². The molecule has 0 fully saturated rings.